The molecular weight excluding hydrogens is 251 g/mol. The van der Waals surface area contributed by atoms with Gasteiger partial charge in [-0.05, 0) is 31.5 Å². The third kappa shape index (κ3) is 4.35. The predicted molar refractivity (Wildman–Crippen MR) is 67.5 cm³/mol. The molecule has 0 saturated carbocycles. The molecule has 0 fully saturated rings. The van der Waals surface area contributed by atoms with Crippen LogP contribution in [0.4, 0.5) is 4.39 Å². The lowest BCUT2D eigenvalue weighted by Crippen LogP contribution is -2.11. The van der Waals surface area contributed by atoms with E-state index in [-0.39, 0.29) is 17.7 Å². The van der Waals surface area contributed by atoms with Crippen molar-refractivity contribution < 1.29 is 23.5 Å². The molecule has 0 N–H and O–H groups in total. The lowest BCUT2D eigenvalue weighted by molar-refractivity contribution is 0.0499. The SMILES string of the molecule is CCCCOC(=O)c1ccc(F)c(C(=O)OCC)c1. The highest BCUT2D eigenvalue weighted by atomic mass is 19.1. The molecule has 0 heterocycles. The molecule has 1 aromatic carbocycles. The van der Waals surface area contributed by atoms with Gasteiger partial charge < -0.3 is 9.47 Å². The van der Waals surface area contributed by atoms with Crippen LogP contribution in [0.25, 0.3) is 0 Å². The van der Waals surface area contributed by atoms with Gasteiger partial charge in [-0.1, -0.05) is 13.3 Å². The molecule has 0 radical (unpaired) electrons. The molecular formula is C14H17FO4. The average molecular weight is 268 g/mol. The summed E-state index contributed by atoms with van der Waals surface area (Å²) in [6, 6.07) is 3.50. The summed E-state index contributed by atoms with van der Waals surface area (Å²) < 4.78 is 23.2. The predicted octanol–water partition coefficient (Wildman–Crippen LogP) is 2.96. The minimum atomic E-state index is -0.789. The molecule has 0 aliphatic rings. The van der Waals surface area contributed by atoms with Crippen molar-refractivity contribution in [1.82, 2.24) is 0 Å². The zero-order valence-corrected chi connectivity index (χ0v) is 11.1. The summed E-state index contributed by atoms with van der Waals surface area (Å²) in [5.41, 5.74) is -0.118. The molecule has 4 nitrogen and oxygen atoms in total. The van der Waals surface area contributed by atoms with Gasteiger partial charge in [0.15, 0.2) is 0 Å². The van der Waals surface area contributed by atoms with E-state index in [0.717, 1.165) is 25.0 Å². The molecule has 0 aromatic heterocycles. The third-order valence-corrected chi connectivity index (χ3v) is 2.43. The zero-order valence-electron chi connectivity index (χ0n) is 11.1. The first kappa shape index (κ1) is 15.1. The van der Waals surface area contributed by atoms with Crippen molar-refractivity contribution in [1.29, 1.82) is 0 Å². The highest BCUT2D eigenvalue weighted by Crippen LogP contribution is 2.13. The number of carbonyl (C=O) groups is 2. The molecule has 104 valence electrons. The van der Waals surface area contributed by atoms with Crippen LogP contribution in [0.2, 0.25) is 0 Å². The topological polar surface area (TPSA) is 52.6 Å². The minimum Gasteiger partial charge on any atom is -0.462 e. The van der Waals surface area contributed by atoms with Gasteiger partial charge in [-0.15, -0.1) is 0 Å². The number of esters is 2. The van der Waals surface area contributed by atoms with Crippen molar-refractivity contribution in [3.05, 3.63) is 35.1 Å². The maximum absolute atomic E-state index is 13.5. The molecule has 1 aromatic rings. The molecule has 0 bridgehead atoms. The Morgan fingerprint density at radius 2 is 1.89 bits per heavy atom. The van der Waals surface area contributed by atoms with Crippen molar-refractivity contribution >= 4 is 11.9 Å². The number of unbranched alkanes of at least 4 members (excludes halogenated alkanes) is 1. The molecule has 19 heavy (non-hydrogen) atoms. The Morgan fingerprint density at radius 1 is 1.16 bits per heavy atom. The number of rotatable bonds is 6. The van der Waals surface area contributed by atoms with E-state index in [1.54, 1.807) is 6.92 Å². The third-order valence-electron chi connectivity index (χ3n) is 2.43. The number of carbonyl (C=O) groups excluding carboxylic acids is 2. The Kier molecular flexibility index (Phi) is 5.99. The fourth-order valence-electron chi connectivity index (χ4n) is 1.41. The molecule has 0 amide bonds. The Labute approximate surface area is 111 Å². The quantitative estimate of drug-likeness (QED) is 0.588. The zero-order chi connectivity index (χ0) is 14.3. The summed E-state index contributed by atoms with van der Waals surface area (Å²) in [4.78, 5) is 23.2. The maximum atomic E-state index is 13.5. The Morgan fingerprint density at radius 3 is 2.53 bits per heavy atom. The van der Waals surface area contributed by atoms with E-state index < -0.39 is 17.8 Å². The molecule has 0 saturated heterocycles. The molecule has 0 aliphatic carbocycles. The van der Waals surface area contributed by atoms with Gasteiger partial charge in [0.25, 0.3) is 0 Å². The Bertz CT molecular complexity index is 457. The van der Waals surface area contributed by atoms with E-state index in [0.29, 0.717) is 6.61 Å². The van der Waals surface area contributed by atoms with Crippen LogP contribution in [0.1, 0.15) is 47.4 Å². The second kappa shape index (κ2) is 7.51. The lowest BCUT2D eigenvalue weighted by Gasteiger charge is -2.07. The summed E-state index contributed by atoms with van der Waals surface area (Å²) in [5, 5.41) is 0. The van der Waals surface area contributed by atoms with E-state index in [4.69, 9.17) is 9.47 Å². The van der Waals surface area contributed by atoms with E-state index in [9.17, 15) is 14.0 Å². The van der Waals surface area contributed by atoms with Crippen molar-refractivity contribution in [3.63, 3.8) is 0 Å². The summed E-state index contributed by atoms with van der Waals surface area (Å²) >= 11 is 0. The van der Waals surface area contributed by atoms with Gasteiger partial charge in [-0.3, -0.25) is 0 Å². The van der Waals surface area contributed by atoms with E-state index in [1.165, 1.54) is 6.07 Å². The van der Waals surface area contributed by atoms with Crippen molar-refractivity contribution in [3.8, 4) is 0 Å². The minimum absolute atomic E-state index is 0.139. The summed E-state index contributed by atoms with van der Waals surface area (Å²) in [7, 11) is 0. The van der Waals surface area contributed by atoms with Crippen LogP contribution in [-0.4, -0.2) is 25.2 Å². The molecule has 0 atom stereocenters. The molecule has 0 spiro atoms. The fraction of sp³-hybridized carbons (Fsp3) is 0.429. The van der Waals surface area contributed by atoms with Crippen LogP contribution < -0.4 is 0 Å². The Balaban J connectivity index is 2.83. The van der Waals surface area contributed by atoms with Crippen molar-refractivity contribution in [2.24, 2.45) is 0 Å². The lowest BCUT2D eigenvalue weighted by atomic mass is 10.1. The summed E-state index contributed by atoms with van der Waals surface area (Å²) in [6.45, 7) is 4.05. The highest BCUT2D eigenvalue weighted by molar-refractivity contribution is 5.95. The van der Waals surface area contributed by atoms with Crippen LogP contribution >= 0.6 is 0 Å². The first-order valence-electron chi connectivity index (χ1n) is 6.24. The molecule has 1 rings (SSSR count). The first-order valence-corrected chi connectivity index (χ1v) is 6.24. The Hall–Kier alpha value is -1.91. The van der Waals surface area contributed by atoms with Crippen LogP contribution in [0, 0.1) is 5.82 Å². The molecule has 5 heteroatoms. The number of ether oxygens (including phenoxy) is 2. The van der Waals surface area contributed by atoms with E-state index >= 15 is 0 Å². The molecule has 0 aliphatic heterocycles. The van der Waals surface area contributed by atoms with Gasteiger partial charge in [0.1, 0.15) is 5.82 Å². The monoisotopic (exact) mass is 268 g/mol. The molecule has 0 unspecified atom stereocenters. The van der Waals surface area contributed by atoms with Gasteiger partial charge >= 0.3 is 11.9 Å². The number of benzene rings is 1. The van der Waals surface area contributed by atoms with E-state index in [1.807, 2.05) is 6.92 Å². The second-order valence-corrected chi connectivity index (χ2v) is 3.90. The standard InChI is InChI=1S/C14H17FO4/c1-3-5-8-19-13(16)10-6-7-12(15)11(9-10)14(17)18-4-2/h6-7,9H,3-5,8H2,1-2H3. The second-order valence-electron chi connectivity index (χ2n) is 3.90. The number of hydrogen-bond acceptors (Lipinski definition) is 4. The smallest absolute Gasteiger partial charge is 0.341 e. The number of hydrogen-bond donors (Lipinski definition) is 0. The number of halogens is 1. The first-order chi connectivity index (χ1) is 9.10. The average Bonchev–Trinajstić information content (AvgIpc) is 2.39. The fourth-order valence-corrected chi connectivity index (χ4v) is 1.41. The van der Waals surface area contributed by atoms with Gasteiger partial charge in [-0.2, -0.15) is 0 Å². The van der Waals surface area contributed by atoms with Crippen LogP contribution in [0.3, 0.4) is 0 Å². The highest BCUT2D eigenvalue weighted by Gasteiger charge is 2.16. The van der Waals surface area contributed by atoms with Gasteiger partial charge in [0.2, 0.25) is 0 Å². The largest absolute Gasteiger partial charge is 0.462 e. The van der Waals surface area contributed by atoms with Gasteiger partial charge in [-0.25, -0.2) is 14.0 Å². The van der Waals surface area contributed by atoms with Gasteiger partial charge in [0, 0.05) is 0 Å². The van der Waals surface area contributed by atoms with Crippen molar-refractivity contribution in [2.45, 2.75) is 26.7 Å². The van der Waals surface area contributed by atoms with Crippen molar-refractivity contribution in [2.75, 3.05) is 13.2 Å². The summed E-state index contributed by atoms with van der Waals surface area (Å²) in [6.07, 6.45) is 1.67. The van der Waals surface area contributed by atoms with Crippen LogP contribution in [0.5, 0.6) is 0 Å². The summed E-state index contributed by atoms with van der Waals surface area (Å²) in [5.74, 6) is -2.08. The maximum Gasteiger partial charge on any atom is 0.341 e. The van der Waals surface area contributed by atoms with Crippen LogP contribution in [-0.2, 0) is 9.47 Å². The van der Waals surface area contributed by atoms with Crippen LogP contribution in [0.15, 0.2) is 18.2 Å². The van der Waals surface area contributed by atoms with Gasteiger partial charge in [0.05, 0.1) is 24.3 Å². The normalized spacial score (nSPS) is 10.1. The van der Waals surface area contributed by atoms with E-state index in [2.05, 4.69) is 0 Å².